The van der Waals surface area contributed by atoms with Crippen molar-refractivity contribution in [2.75, 3.05) is 13.2 Å². The van der Waals surface area contributed by atoms with Gasteiger partial charge in [0.15, 0.2) is 0 Å². The SMILES string of the molecule is C=C(C)C(=O)OCC(CO)c1ccc(-c2ccc(CCCCC)c(C)c2)cc1. The molecular formula is C25H32O3. The van der Waals surface area contributed by atoms with Crippen molar-refractivity contribution in [3.8, 4) is 11.1 Å². The smallest absolute Gasteiger partial charge is 0.333 e. The van der Waals surface area contributed by atoms with Crippen molar-refractivity contribution < 1.29 is 14.6 Å². The van der Waals surface area contributed by atoms with Crippen LogP contribution in [0, 0.1) is 6.92 Å². The number of carbonyl (C=O) groups is 1. The molecule has 2 aromatic carbocycles. The summed E-state index contributed by atoms with van der Waals surface area (Å²) in [6.07, 6.45) is 4.89. The van der Waals surface area contributed by atoms with E-state index in [-0.39, 0.29) is 19.1 Å². The Morgan fingerprint density at radius 2 is 1.79 bits per heavy atom. The van der Waals surface area contributed by atoms with Gasteiger partial charge in [-0.05, 0) is 54.5 Å². The van der Waals surface area contributed by atoms with Crippen LogP contribution in [0.1, 0.15) is 55.7 Å². The van der Waals surface area contributed by atoms with Gasteiger partial charge in [0.25, 0.3) is 0 Å². The second-order valence-corrected chi connectivity index (χ2v) is 7.48. The maximum atomic E-state index is 11.6. The molecule has 0 aromatic heterocycles. The number of aliphatic hydroxyl groups excluding tert-OH is 1. The van der Waals surface area contributed by atoms with E-state index >= 15 is 0 Å². The molecule has 0 saturated carbocycles. The number of unbranched alkanes of at least 4 members (excludes halogenated alkanes) is 2. The van der Waals surface area contributed by atoms with Crippen molar-refractivity contribution >= 4 is 5.97 Å². The van der Waals surface area contributed by atoms with Gasteiger partial charge in [-0.25, -0.2) is 4.79 Å². The van der Waals surface area contributed by atoms with Gasteiger partial charge in [0.1, 0.15) is 6.61 Å². The lowest BCUT2D eigenvalue weighted by atomic mass is 9.94. The summed E-state index contributed by atoms with van der Waals surface area (Å²) in [6.45, 7) is 9.66. The van der Waals surface area contributed by atoms with Gasteiger partial charge in [-0.1, -0.05) is 68.8 Å². The summed E-state index contributed by atoms with van der Waals surface area (Å²) < 4.78 is 5.20. The van der Waals surface area contributed by atoms with Crippen LogP contribution in [0.25, 0.3) is 11.1 Å². The third-order valence-corrected chi connectivity index (χ3v) is 5.09. The van der Waals surface area contributed by atoms with E-state index in [2.05, 4.69) is 50.8 Å². The van der Waals surface area contributed by atoms with Crippen LogP contribution in [0.4, 0.5) is 0 Å². The number of ether oxygens (including phenoxy) is 1. The summed E-state index contributed by atoms with van der Waals surface area (Å²) in [7, 11) is 0. The molecule has 0 heterocycles. The quantitative estimate of drug-likeness (QED) is 0.332. The minimum Gasteiger partial charge on any atom is -0.462 e. The largest absolute Gasteiger partial charge is 0.462 e. The normalized spacial score (nSPS) is 11.9. The van der Waals surface area contributed by atoms with Crippen LogP contribution in [0.3, 0.4) is 0 Å². The van der Waals surface area contributed by atoms with E-state index in [0.717, 1.165) is 17.5 Å². The Labute approximate surface area is 169 Å². The second-order valence-electron chi connectivity index (χ2n) is 7.48. The van der Waals surface area contributed by atoms with Crippen LogP contribution in [0.5, 0.6) is 0 Å². The van der Waals surface area contributed by atoms with Gasteiger partial charge in [-0.3, -0.25) is 0 Å². The van der Waals surface area contributed by atoms with Gasteiger partial charge in [0.05, 0.1) is 6.61 Å². The molecule has 2 rings (SSSR count). The molecule has 0 spiro atoms. The van der Waals surface area contributed by atoms with Crippen molar-refractivity contribution in [2.45, 2.75) is 52.4 Å². The zero-order valence-electron chi connectivity index (χ0n) is 17.3. The van der Waals surface area contributed by atoms with Crippen LogP contribution < -0.4 is 0 Å². The predicted molar refractivity (Wildman–Crippen MR) is 115 cm³/mol. The van der Waals surface area contributed by atoms with Crippen LogP contribution in [0.15, 0.2) is 54.6 Å². The molecule has 2 aromatic rings. The van der Waals surface area contributed by atoms with E-state index < -0.39 is 5.97 Å². The summed E-state index contributed by atoms with van der Waals surface area (Å²) >= 11 is 0. The molecule has 0 saturated heterocycles. The Hall–Kier alpha value is -2.39. The number of esters is 1. The van der Waals surface area contributed by atoms with Gasteiger partial charge < -0.3 is 9.84 Å². The summed E-state index contributed by atoms with van der Waals surface area (Å²) in [6, 6.07) is 14.8. The molecule has 0 aliphatic heterocycles. The summed E-state index contributed by atoms with van der Waals surface area (Å²) in [5.74, 6) is -0.662. The van der Waals surface area contributed by atoms with E-state index in [0.29, 0.717) is 5.57 Å². The van der Waals surface area contributed by atoms with Crippen LogP contribution in [-0.2, 0) is 16.0 Å². The fourth-order valence-corrected chi connectivity index (χ4v) is 3.22. The number of aliphatic hydroxyl groups is 1. The molecule has 28 heavy (non-hydrogen) atoms. The number of hydrogen-bond acceptors (Lipinski definition) is 3. The van der Waals surface area contributed by atoms with E-state index in [1.54, 1.807) is 6.92 Å². The average molecular weight is 381 g/mol. The molecule has 1 atom stereocenters. The Bertz CT molecular complexity index is 790. The fraction of sp³-hybridized carbons (Fsp3) is 0.400. The van der Waals surface area contributed by atoms with Crippen molar-refractivity contribution in [2.24, 2.45) is 0 Å². The van der Waals surface area contributed by atoms with Crippen LogP contribution in [-0.4, -0.2) is 24.3 Å². The molecule has 3 heteroatoms. The molecule has 0 aliphatic rings. The zero-order valence-corrected chi connectivity index (χ0v) is 17.3. The fourth-order valence-electron chi connectivity index (χ4n) is 3.22. The van der Waals surface area contributed by atoms with Crippen molar-refractivity contribution in [1.82, 2.24) is 0 Å². The Kier molecular flexibility index (Phi) is 8.46. The van der Waals surface area contributed by atoms with E-state index in [1.807, 2.05) is 12.1 Å². The monoisotopic (exact) mass is 380 g/mol. The van der Waals surface area contributed by atoms with Crippen LogP contribution >= 0.6 is 0 Å². The first kappa shape index (κ1) is 21.9. The first-order valence-electron chi connectivity index (χ1n) is 10.1. The van der Waals surface area contributed by atoms with Gasteiger partial charge in [-0.2, -0.15) is 0 Å². The van der Waals surface area contributed by atoms with Crippen molar-refractivity contribution in [3.05, 3.63) is 71.3 Å². The minimum atomic E-state index is -0.426. The number of hydrogen-bond donors (Lipinski definition) is 1. The summed E-state index contributed by atoms with van der Waals surface area (Å²) in [5, 5.41) is 9.66. The lowest BCUT2D eigenvalue weighted by Crippen LogP contribution is -2.16. The highest BCUT2D eigenvalue weighted by Crippen LogP contribution is 2.26. The third kappa shape index (κ3) is 6.07. The van der Waals surface area contributed by atoms with Gasteiger partial charge in [0, 0.05) is 11.5 Å². The number of benzene rings is 2. The standard InChI is InChI=1S/C25H32O3/c1-5-6-7-8-20-9-14-23(15-19(20)4)21-10-12-22(13-11-21)24(16-26)17-28-25(27)18(2)3/h9-15,24,26H,2,5-8,16-17H2,1,3-4H3. The van der Waals surface area contributed by atoms with Crippen molar-refractivity contribution in [1.29, 1.82) is 0 Å². The highest BCUT2D eigenvalue weighted by Gasteiger charge is 2.14. The molecule has 0 amide bonds. The molecular weight excluding hydrogens is 348 g/mol. The highest BCUT2D eigenvalue weighted by atomic mass is 16.5. The minimum absolute atomic E-state index is 0.0750. The first-order chi connectivity index (χ1) is 13.5. The molecule has 0 aliphatic carbocycles. The number of carbonyl (C=O) groups excluding carboxylic acids is 1. The number of aryl methyl sites for hydroxylation is 2. The molecule has 0 fully saturated rings. The van der Waals surface area contributed by atoms with Gasteiger partial charge in [0.2, 0.25) is 0 Å². The molecule has 0 bridgehead atoms. The van der Waals surface area contributed by atoms with Crippen molar-refractivity contribution in [3.63, 3.8) is 0 Å². The van der Waals surface area contributed by atoms with Crippen LogP contribution in [0.2, 0.25) is 0 Å². The van der Waals surface area contributed by atoms with Gasteiger partial charge in [-0.15, -0.1) is 0 Å². The third-order valence-electron chi connectivity index (χ3n) is 5.09. The zero-order chi connectivity index (χ0) is 20.5. The van der Waals surface area contributed by atoms with E-state index in [1.165, 1.54) is 36.0 Å². The Morgan fingerprint density at radius 1 is 1.11 bits per heavy atom. The lowest BCUT2D eigenvalue weighted by Gasteiger charge is -2.16. The average Bonchev–Trinajstić information content (AvgIpc) is 2.70. The first-order valence-corrected chi connectivity index (χ1v) is 10.1. The topological polar surface area (TPSA) is 46.5 Å². The Morgan fingerprint density at radius 3 is 2.36 bits per heavy atom. The van der Waals surface area contributed by atoms with E-state index in [9.17, 15) is 9.90 Å². The number of rotatable bonds is 10. The molecule has 0 radical (unpaired) electrons. The molecule has 150 valence electrons. The van der Waals surface area contributed by atoms with E-state index in [4.69, 9.17) is 4.74 Å². The maximum absolute atomic E-state index is 11.6. The molecule has 1 N–H and O–H groups in total. The van der Waals surface area contributed by atoms with Gasteiger partial charge >= 0.3 is 5.97 Å². The highest BCUT2D eigenvalue weighted by molar-refractivity contribution is 5.86. The lowest BCUT2D eigenvalue weighted by molar-refractivity contribution is -0.139. The predicted octanol–water partition coefficient (Wildman–Crippen LogP) is 5.59. The molecule has 1 unspecified atom stereocenters. The summed E-state index contributed by atoms with van der Waals surface area (Å²) in [4.78, 5) is 11.6. The Balaban J connectivity index is 2.07. The second kappa shape index (κ2) is 10.8. The summed E-state index contributed by atoms with van der Waals surface area (Å²) in [5.41, 5.74) is 6.40. The maximum Gasteiger partial charge on any atom is 0.333 e. The molecule has 3 nitrogen and oxygen atoms in total.